The highest BCUT2D eigenvalue weighted by Crippen LogP contribution is 2.27. The molecule has 0 aliphatic carbocycles. The van der Waals surface area contributed by atoms with Crippen LogP contribution in [0, 0.1) is 31.6 Å². The van der Waals surface area contributed by atoms with Gasteiger partial charge in [0.15, 0.2) is 17.5 Å². The number of hydrogen-bond acceptors (Lipinski definition) is 15. The number of rotatable bonds is 38. The third-order valence-electron chi connectivity index (χ3n) is 14.9. The zero-order valence-electron chi connectivity index (χ0n) is 57.6. The Morgan fingerprint density at radius 1 is 0.557 bits per heavy atom. The van der Waals surface area contributed by atoms with E-state index in [-0.39, 0.29) is 96.2 Å². The highest BCUT2D eigenvalue weighted by atomic mass is 19.1. The molecule has 5 aromatic rings. The number of aryl methyl sites for hydroxylation is 2. The summed E-state index contributed by atoms with van der Waals surface area (Å²) >= 11 is 0. The molecule has 6 amide bonds. The Balaban J connectivity index is 0.000000796. The molecule has 0 heterocycles. The molecule has 5 aromatic carbocycles. The van der Waals surface area contributed by atoms with Gasteiger partial charge in [0.05, 0.1) is 18.1 Å². The summed E-state index contributed by atoms with van der Waals surface area (Å²) in [6, 6.07) is 36.2. The van der Waals surface area contributed by atoms with E-state index in [0.29, 0.717) is 67.3 Å². The molecule has 15 N–H and O–H groups in total. The number of Topliss-reactive ketones (excluding diaryl/α,β-unsaturated/α-hetero) is 3. The topological polar surface area (TPSA) is 392 Å². The molecule has 0 saturated heterocycles. The molecule has 97 heavy (non-hydrogen) atoms. The van der Waals surface area contributed by atoms with E-state index < -0.39 is 95.4 Å². The molecular formula is C72H100BFN10O13. The van der Waals surface area contributed by atoms with Crippen LogP contribution in [0.1, 0.15) is 141 Å². The van der Waals surface area contributed by atoms with Gasteiger partial charge in [0.2, 0.25) is 17.7 Å². The molecule has 0 saturated carbocycles. The number of unbranched alkanes of at least 4 members (excludes halogenated alkanes) is 2. The fourth-order valence-electron chi connectivity index (χ4n) is 9.94. The van der Waals surface area contributed by atoms with E-state index in [0.717, 1.165) is 16.7 Å². The number of ketones is 3. The van der Waals surface area contributed by atoms with Gasteiger partial charge in [-0.25, -0.2) is 14.4 Å². The molecule has 0 unspecified atom stereocenters. The van der Waals surface area contributed by atoms with Crippen molar-refractivity contribution in [1.82, 2.24) is 21.3 Å². The summed E-state index contributed by atoms with van der Waals surface area (Å²) in [7, 11) is 3.00. The molecule has 25 heteroatoms. The van der Waals surface area contributed by atoms with Crippen LogP contribution in [0.15, 0.2) is 138 Å². The number of nitrogens with zero attached hydrogens (tertiary/aromatic N) is 1. The molecule has 0 aliphatic rings. The summed E-state index contributed by atoms with van der Waals surface area (Å²) in [5.74, 6) is -9.04. The fraction of sp³-hybridized carbons (Fsp3) is 0.444. The van der Waals surface area contributed by atoms with Crippen LogP contribution >= 0.6 is 0 Å². The number of guanidine groups is 1. The predicted octanol–water partition coefficient (Wildman–Crippen LogP) is 8.35. The minimum atomic E-state index is -2.06. The Labute approximate surface area is 574 Å². The maximum Gasteiger partial charge on any atom is 0.408 e. The van der Waals surface area contributed by atoms with Crippen LogP contribution in [0.2, 0.25) is 0 Å². The molecule has 23 nitrogen and oxygen atoms in total. The molecule has 0 aliphatic heterocycles. The second-order valence-corrected chi connectivity index (χ2v) is 24.0. The number of phenolic OH excluding ortho intramolecular Hbond substituents is 1. The summed E-state index contributed by atoms with van der Waals surface area (Å²) in [5.41, 5.74) is 32.3. The number of phenols is 1. The largest absolute Gasteiger partial charge is 0.508 e. The predicted molar refractivity (Wildman–Crippen MR) is 373 cm³/mol. The number of carbonyl (C=O) groups excluding carboxylic acids is 9. The quantitative estimate of drug-likeness (QED) is 0.00583. The van der Waals surface area contributed by atoms with Crippen molar-refractivity contribution in [2.75, 3.05) is 19.6 Å². The molecule has 0 bridgehead atoms. The van der Waals surface area contributed by atoms with Gasteiger partial charge in [-0.2, -0.15) is 0 Å². The van der Waals surface area contributed by atoms with Crippen LogP contribution in [0.5, 0.6) is 5.75 Å². The Morgan fingerprint density at radius 3 is 1.39 bits per heavy atom. The number of carbonyl (C=O) groups is 9. The average molecular weight is 1350 g/mol. The molecule has 0 aromatic heterocycles. The highest BCUT2D eigenvalue weighted by molar-refractivity contribution is 5.96. The van der Waals surface area contributed by atoms with E-state index >= 15 is 0 Å². The monoisotopic (exact) mass is 1340 g/mol. The van der Waals surface area contributed by atoms with Crippen LogP contribution in [0.25, 0.3) is 0 Å². The third kappa shape index (κ3) is 35.1. The van der Waals surface area contributed by atoms with E-state index in [2.05, 4.69) is 34.4 Å². The molecule has 2 radical (unpaired) electrons. The van der Waals surface area contributed by atoms with Crippen molar-refractivity contribution in [2.45, 2.75) is 169 Å². The normalized spacial score (nSPS) is 13.5. The molecule has 6 atom stereocenters. The van der Waals surface area contributed by atoms with E-state index in [1.54, 1.807) is 89.2 Å². The lowest BCUT2D eigenvalue weighted by molar-refractivity contribution is -0.134. The summed E-state index contributed by atoms with van der Waals surface area (Å²) in [5, 5.41) is 21.1. The molecular weight excluding hydrogens is 1240 g/mol. The maximum absolute atomic E-state index is 14.6. The van der Waals surface area contributed by atoms with Gasteiger partial charge in [0, 0.05) is 59.3 Å². The second-order valence-electron chi connectivity index (χ2n) is 24.0. The van der Waals surface area contributed by atoms with Gasteiger partial charge in [-0.3, -0.25) is 33.8 Å². The summed E-state index contributed by atoms with van der Waals surface area (Å²) in [6.07, 6.45) is -0.656. The first-order valence-corrected chi connectivity index (χ1v) is 31.7. The van der Waals surface area contributed by atoms with Gasteiger partial charge < -0.3 is 73.6 Å². The fourth-order valence-corrected chi connectivity index (χ4v) is 9.94. The van der Waals surface area contributed by atoms with Crippen LogP contribution in [-0.4, -0.2) is 116 Å². The van der Waals surface area contributed by atoms with Gasteiger partial charge in [0.1, 0.15) is 30.3 Å². The first-order chi connectivity index (χ1) is 46.4. The van der Waals surface area contributed by atoms with Gasteiger partial charge in [0.25, 0.3) is 0 Å². The van der Waals surface area contributed by atoms with E-state index in [1.165, 1.54) is 12.1 Å². The van der Waals surface area contributed by atoms with Crippen LogP contribution in [0.3, 0.4) is 0 Å². The summed E-state index contributed by atoms with van der Waals surface area (Å²) < 4.78 is 42.3. The summed E-state index contributed by atoms with van der Waals surface area (Å²) in [6.45, 7) is 9.58. The number of primary amides is 2. The van der Waals surface area contributed by atoms with Crippen molar-refractivity contribution >= 4 is 67.4 Å². The van der Waals surface area contributed by atoms with Crippen molar-refractivity contribution in [2.24, 2.45) is 51.4 Å². The van der Waals surface area contributed by atoms with Crippen LogP contribution in [0.4, 0.5) is 18.7 Å². The Hall–Kier alpha value is -9.65. The number of amides is 6. The van der Waals surface area contributed by atoms with Gasteiger partial charge in [-0.05, 0) is 156 Å². The van der Waals surface area contributed by atoms with E-state index in [9.17, 15) is 48.3 Å². The van der Waals surface area contributed by atoms with E-state index in [4.69, 9.17) is 49.9 Å². The standard InChI is InChI=1S/C47H65N7O9.C24H31N3O4.CH4.BF/c1-30-23-36(55)24-31(2)37(30)26-35(28-41(57)39(20-14-22-51-44(49)50)54-46(61)63-47(3,4)5)43(59)53-38(40(56)27-34(42(48)58)25-32-15-8-6-9-16-32)19-12-13-21-52-45(60)62-29-33-17-10-7-11-18-33;25-21(22(28)16-20(23(26)29)15-18-9-3-1-4-10-18)13-7-8-14-27-24(30)31-17-19-11-5-2-6-12-19;;1-2/h6-11,15-18,23-24,34-35,38-39,55H,12-14,19-22,25-29H2,1-5H3,(H2,48,58)(H,52,60)(H,53,59)(H,54,61)(H4,49,50,51);1-6,9-12,20-21H,7-8,13-17,25H2,(H2,26,29)(H,27,30);1H4;/t34-,35-,38+,39-;20-,21+;;/m11../s1/i34D;20D;;. The second kappa shape index (κ2) is 45.7. The third-order valence-corrected chi connectivity index (χ3v) is 14.9. The number of ether oxygens (including phenoxy) is 3. The minimum absolute atomic E-state index is 0. The van der Waals surface area contributed by atoms with Crippen molar-refractivity contribution < 1.29 is 69.5 Å². The number of nitrogens with one attached hydrogen (secondary N) is 4. The van der Waals surface area contributed by atoms with Gasteiger partial charge >= 0.3 is 26.4 Å². The maximum atomic E-state index is 14.6. The highest BCUT2D eigenvalue weighted by Gasteiger charge is 2.34. The number of hydrogen-bond donors (Lipinski definition) is 10. The first kappa shape index (κ1) is 79.8. The SMILES string of the molecule is C.[2H][C@](CC(=O)[C@@H](N)CCCCNC(=O)OCc1ccccc1)(Cc1ccccc1)C(N)=O.[2H][C@](CC(=O)[C@H](CCCCNC(=O)OCc1ccccc1)NC(=O)[C@@H](CC(=O)[C@@H](CCCN=C(N)N)NC(=O)OC(C)(C)C)Cc1c(C)cc(O)cc1C)(Cc1ccccc1)C(N)=O.[B]F. The Kier molecular flexibility index (Phi) is 37.6. The van der Waals surface area contributed by atoms with Crippen LogP contribution < -0.4 is 49.9 Å². The van der Waals surface area contributed by atoms with Gasteiger partial charge in [-0.1, -0.05) is 129 Å². The number of alkyl carbamates (subject to hydrolysis) is 3. The van der Waals surface area contributed by atoms with E-state index in [1.807, 2.05) is 66.7 Å². The number of aliphatic imine (C=N–C) groups is 1. The van der Waals surface area contributed by atoms with Crippen molar-refractivity contribution in [3.63, 3.8) is 0 Å². The molecule has 0 fully saturated rings. The lowest BCUT2D eigenvalue weighted by atomic mass is 9.86. The van der Waals surface area contributed by atoms with Crippen LogP contribution in [-0.2, 0) is 75.5 Å². The molecule has 0 spiro atoms. The first-order valence-electron chi connectivity index (χ1n) is 32.7. The molecule has 526 valence electrons. The van der Waals surface area contributed by atoms with Crippen molar-refractivity contribution in [1.29, 1.82) is 0 Å². The number of nitrogens with two attached hydrogens (primary N) is 5. The lowest BCUT2D eigenvalue weighted by Crippen LogP contribution is -2.48. The Bertz CT molecular complexity index is 3350. The number of benzene rings is 5. The minimum Gasteiger partial charge on any atom is -0.508 e. The molecule has 5 rings (SSSR count). The summed E-state index contributed by atoms with van der Waals surface area (Å²) in [4.78, 5) is 121. The number of halogens is 1. The zero-order chi connectivity index (χ0) is 72.8. The van der Waals surface area contributed by atoms with Gasteiger partial charge in [-0.15, -0.1) is 0 Å². The average Bonchev–Trinajstić information content (AvgIpc) is 0.836. The van der Waals surface area contributed by atoms with Crippen molar-refractivity contribution in [3.05, 3.63) is 172 Å². The number of aromatic hydroxyl groups is 1. The smallest absolute Gasteiger partial charge is 0.408 e. The Morgan fingerprint density at radius 2 is 0.959 bits per heavy atom. The zero-order valence-corrected chi connectivity index (χ0v) is 55.6. The van der Waals surface area contributed by atoms with Crippen molar-refractivity contribution in [3.8, 4) is 5.75 Å². The lowest BCUT2D eigenvalue weighted by Gasteiger charge is -2.26.